The predicted octanol–water partition coefficient (Wildman–Crippen LogP) is 5.78. The Bertz CT molecular complexity index is 1230. The van der Waals surface area contributed by atoms with E-state index in [2.05, 4.69) is 20.6 Å². The van der Waals surface area contributed by atoms with Crippen LogP contribution in [0, 0.1) is 0 Å². The number of carbonyl (C=O) groups excluding carboxylic acids is 1. The van der Waals surface area contributed by atoms with Crippen molar-refractivity contribution in [2.24, 2.45) is 0 Å². The second-order valence-corrected chi connectivity index (χ2v) is 8.66. The van der Waals surface area contributed by atoms with Crippen molar-refractivity contribution in [2.45, 2.75) is 16.6 Å². The minimum absolute atomic E-state index is 0.0139. The van der Waals surface area contributed by atoms with E-state index in [-0.39, 0.29) is 17.6 Å². The SMILES string of the molecule is O=C(O)CC(Sc1ccc(NC(=O)c2ccc(Nc3ccccn3)cc2)cc1)c1cccnc1. The topological polar surface area (TPSA) is 104 Å². The molecule has 0 radical (unpaired) electrons. The van der Waals surface area contributed by atoms with Gasteiger partial charge in [-0.15, -0.1) is 11.8 Å². The standard InChI is InChI=1S/C26H22N4O3S/c31-25(32)16-23(19-4-3-14-27-17-19)34-22-12-10-21(11-13-22)30-26(33)18-6-8-20(9-7-18)29-24-5-1-2-15-28-24/h1-15,17,23H,16H2,(H,28,29)(H,30,33)(H,31,32). The van der Waals surface area contributed by atoms with Crippen LogP contribution in [-0.4, -0.2) is 27.0 Å². The zero-order valence-corrected chi connectivity index (χ0v) is 18.9. The summed E-state index contributed by atoms with van der Waals surface area (Å²) < 4.78 is 0. The number of rotatable bonds is 9. The summed E-state index contributed by atoms with van der Waals surface area (Å²) in [6, 6.07) is 23.8. The third-order valence-corrected chi connectivity index (χ3v) is 6.16. The number of carboxylic acid groups (broad SMARTS) is 1. The lowest BCUT2D eigenvalue weighted by Gasteiger charge is -2.15. The van der Waals surface area contributed by atoms with Crippen LogP contribution in [0.2, 0.25) is 0 Å². The van der Waals surface area contributed by atoms with Crippen LogP contribution in [0.25, 0.3) is 0 Å². The quantitative estimate of drug-likeness (QED) is 0.266. The fraction of sp³-hybridized carbons (Fsp3) is 0.0769. The number of carboxylic acids is 1. The molecule has 7 nitrogen and oxygen atoms in total. The number of aliphatic carboxylic acids is 1. The highest BCUT2D eigenvalue weighted by molar-refractivity contribution is 7.99. The van der Waals surface area contributed by atoms with Gasteiger partial charge < -0.3 is 15.7 Å². The second-order valence-electron chi connectivity index (χ2n) is 7.39. The molecule has 0 aliphatic heterocycles. The van der Waals surface area contributed by atoms with Crippen LogP contribution < -0.4 is 10.6 Å². The first-order valence-corrected chi connectivity index (χ1v) is 11.4. The van der Waals surface area contributed by atoms with Gasteiger partial charge in [0.2, 0.25) is 0 Å². The number of thioether (sulfide) groups is 1. The molecule has 4 aromatic rings. The first-order valence-electron chi connectivity index (χ1n) is 10.5. The van der Waals surface area contributed by atoms with Crippen molar-refractivity contribution in [3.05, 3.63) is 109 Å². The molecule has 0 aliphatic carbocycles. The van der Waals surface area contributed by atoms with Gasteiger partial charge in [0.05, 0.1) is 6.42 Å². The van der Waals surface area contributed by atoms with E-state index in [1.807, 2.05) is 48.5 Å². The molecule has 0 saturated carbocycles. The maximum Gasteiger partial charge on any atom is 0.304 e. The molecule has 1 unspecified atom stereocenters. The Balaban J connectivity index is 1.37. The summed E-state index contributed by atoms with van der Waals surface area (Å²) in [5, 5.41) is 15.1. The van der Waals surface area contributed by atoms with E-state index in [0.717, 1.165) is 22.0 Å². The van der Waals surface area contributed by atoms with E-state index in [9.17, 15) is 14.7 Å². The molecule has 0 fully saturated rings. The molecule has 1 amide bonds. The molecular formula is C26H22N4O3S. The Hall–Kier alpha value is -4.17. The number of hydrogen-bond donors (Lipinski definition) is 3. The summed E-state index contributed by atoms with van der Waals surface area (Å²) in [5.41, 5.74) is 2.87. The third-order valence-electron chi connectivity index (χ3n) is 4.89. The molecule has 8 heteroatoms. The van der Waals surface area contributed by atoms with E-state index in [1.54, 1.807) is 48.9 Å². The number of amides is 1. The smallest absolute Gasteiger partial charge is 0.304 e. The first kappa shape index (κ1) is 23.0. The monoisotopic (exact) mass is 470 g/mol. The minimum atomic E-state index is -0.869. The maximum absolute atomic E-state index is 12.6. The average molecular weight is 471 g/mol. The van der Waals surface area contributed by atoms with Gasteiger partial charge in [-0.05, 0) is 72.3 Å². The van der Waals surface area contributed by atoms with Gasteiger partial charge >= 0.3 is 5.97 Å². The molecular weight excluding hydrogens is 448 g/mol. The lowest BCUT2D eigenvalue weighted by Crippen LogP contribution is -2.11. The van der Waals surface area contributed by atoms with Crippen LogP contribution >= 0.6 is 11.8 Å². The van der Waals surface area contributed by atoms with Crippen LogP contribution in [0.4, 0.5) is 17.2 Å². The number of benzene rings is 2. The van der Waals surface area contributed by atoms with Gasteiger partial charge in [0.25, 0.3) is 5.91 Å². The summed E-state index contributed by atoms with van der Waals surface area (Å²) >= 11 is 1.45. The molecule has 0 aliphatic rings. The summed E-state index contributed by atoms with van der Waals surface area (Å²) in [4.78, 5) is 33.2. The van der Waals surface area contributed by atoms with Crippen LogP contribution in [0.5, 0.6) is 0 Å². The lowest BCUT2D eigenvalue weighted by atomic mass is 10.1. The molecule has 0 bridgehead atoms. The number of carbonyl (C=O) groups is 2. The Kier molecular flexibility index (Phi) is 7.52. The number of anilines is 3. The normalized spacial score (nSPS) is 11.4. The molecule has 34 heavy (non-hydrogen) atoms. The summed E-state index contributed by atoms with van der Waals surface area (Å²) in [7, 11) is 0. The van der Waals surface area contributed by atoms with Gasteiger partial charge in [0.1, 0.15) is 5.82 Å². The second kappa shape index (κ2) is 11.1. The molecule has 2 heterocycles. The van der Waals surface area contributed by atoms with Crippen molar-refractivity contribution in [2.75, 3.05) is 10.6 Å². The van der Waals surface area contributed by atoms with E-state index in [4.69, 9.17) is 0 Å². The highest BCUT2D eigenvalue weighted by atomic mass is 32.2. The summed E-state index contributed by atoms with van der Waals surface area (Å²) in [5.74, 6) is -0.359. The van der Waals surface area contributed by atoms with Crippen LogP contribution in [-0.2, 0) is 4.79 Å². The molecule has 1 atom stereocenters. The van der Waals surface area contributed by atoms with E-state index in [0.29, 0.717) is 11.3 Å². The van der Waals surface area contributed by atoms with Crippen LogP contribution in [0.3, 0.4) is 0 Å². The predicted molar refractivity (Wildman–Crippen MR) is 133 cm³/mol. The number of aromatic nitrogens is 2. The Labute approximate surface area is 201 Å². The van der Waals surface area contributed by atoms with Gasteiger partial charge in [-0.1, -0.05) is 12.1 Å². The van der Waals surface area contributed by atoms with Crippen LogP contribution in [0.15, 0.2) is 102 Å². The van der Waals surface area contributed by atoms with Crippen molar-refractivity contribution in [1.82, 2.24) is 9.97 Å². The van der Waals surface area contributed by atoms with Crippen LogP contribution in [0.1, 0.15) is 27.6 Å². The fourth-order valence-electron chi connectivity index (χ4n) is 3.23. The molecule has 2 aromatic heterocycles. The molecule has 4 rings (SSSR count). The summed E-state index contributed by atoms with van der Waals surface area (Å²) in [6.45, 7) is 0. The first-order chi connectivity index (χ1) is 16.6. The van der Waals surface area contributed by atoms with Gasteiger partial charge in [0.15, 0.2) is 0 Å². The maximum atomic E-state index is 12.6. The summed E-state index contributed by atoms with van der Waals surface area (Å²) in [6.07, 6.45) is 5.04. The zero-order valence-electron chi connectivity index (χ0n) is 18.1. The van der Waals surface area contributed by atoms with E-state index in [1.165, 1.54) is 11.8 Å². The lowest BCUT2D eigenvalue weighted by molar-refractivity contribution is -0.137. The van der Waals surface area contributed by atoms with Gasteiger partial charge in [-0.3, -0.25) is 14.6 Å². The van der Waals surface area contributed by atoms with E-state index < -0.39 is 5.97 Å². The van der Waals surface area contributed by atoms with Crippen molar-refractivity contribution in [3.63, 3.8) is 0 Å². The minimum Gasteiger partial charge on any atom is -0.481 e. The molecule has 3 N–H and O–H groups in total. The molecule has 0 spiro atoms. The number of hydrogen-bond acceptors (Lipinski definition) is 6. The van der Waals surface area contributed by atoms with E-state index >= 15 is 0 Å². The van der Waals surface area contributed by atoms with Gasteiger partial charge in [-0.25, -0.2) is 4.98 Å². The average Bonchev–Trinajstić information content (AvgIpc) is 2.86. The highest BCUT2D eigenvalue weighted by Crippen LogP contribution is 2.37. The largest absolute Gasteiger partial charge is 0.481 e. The van der Waals surface area contributed by atoms with Gasteiger partial charge in [0, 0.05) is 45.7 Å². The number of pyridine rings is 2. The molecule has 0 saturated heterocycles. The van der Waals surface area contributed by atoms with Gasteiger partial charge in [-0.2, -0.15) is 0 Å². The molecule has 170 valence electrons. The zero-order chi connectivity index (χ0) is 23.8. The van der Waals surface area contributed by atoms with Crippen molar-refractivity contribution >= 4 is 40.8 Å². The third kappa shape index (κ3) is 6.43. The Morgan fingerprint density at radius 3 is 2.29 bits per heavy atom. The fourth-order valence-corrected chi connectivity index (χ4v) is 4.35. The Morgan fingerprint density at radius 1 is 0.882 bits per heavy atom. The molecule has 2 aromatic carbocycles. The van der Waals surface area contributed by atoms with Crippen molar-refractivity contribution < 1.29 is 14.7 Å². The van der Waals surface area contributed by atoms with Crippen molar-refractivity contribution in [1.29, 1.82) is 0 Å². The highest BCUT2D eigenvalue weighted by Gasteiger charge is 2.17. The number of nitrogens with one attached hydrogen (secondary N) is 2. The van der Waals surface area contributed by atoms with Crippen molar-refractivity contribution in [3.8, 4) is 0 Å². The Morgan fingerprint density at radius 2 is 1.65 bits per heavy atom. The number of nitrogens with zero attached hydrogens (tertiary/aromatic N) is 2.